The largest absolute Gasteiger partial charge is 0.393 e. The van der Waals surface area contributed by atoms with Crippen LogP contribution in [0.2, 0.25) is 0 Å². The molecule has 62 valence electrons. The molecule has 1 saturated carbocycles. The Hall–Kier alpha value is -0.0800. The van der Waals surface area contributed by atoms with E-state index in [1.807, 2.05) is 0 Å². The van der Waals surface area contributed by atoms with Crippen LogP contribution >= 0.6 is 0 Å². The summed E-state index contributed by atoms with van der Waals surface area (Å²) in [5, 5.41) is 9.26. The van der Waals surface area contributed by atoms with Gasteiger partial charge in [0.25, 0.3) is 0 Å². The van der Waals surface area contributed by atoms with Crippen molar-refractivity contribution in [2.45, 2.75) is 39.2 Å². The van der Waals surface area contributed by atoms with Crippen molar-refractivity contribution in [3.05, 3.63) is 0 Å². The van der Waals surface area contributed by atoms with Crippen LogP contribution < -0.4 is 5.73 Å². The van der Waals surface area contributed by atoms with Crippen molar-refractivity contribution < 1.29 is 5.11 Å². The Morgan fingerprint density at radius 3 is 2.00 bits per heavy atom. The summed E-state index contributed by atoms with van der Waals surface area (Å²) in [6, 6.07) is 0. The van der Waals surface area contributed by atoms with Gasteiger partial charge in [0.05, 0.1) is 6.10 Å². The van der Waals surface area contributed by atoms with Crippen LogP contribution in [-0.4, -0.2) is 18.3 Å². The van der Waals surface area contributed by atoms with E-state index < -0.39 is 0 Å². The van der Waals surface area contributed by atoms with Crippen LogP contribution in [0.15, 0.2) is 0 Å². The minimum atomic E-state index is -0.0394. The van der Waals surface area contributed by atoms with Gasteiger partial charge in [-0.1, -0.05) is 20.3 Å². The van der Waals surface area contributed by atoms with Crippen LogP contribution in [0.5, 0.6) is 0 Å². The Bertz CT molecular complexity index is 91.3. The minimum absolute atomic E-state index is 0.0394. The number of aliphatic hydroxyl groups excluding tert-OH is 1. The van der Waals surface area contributed by atoms with Gasteiger partial charge in [-0.15, -0.1) is 0 Å². The van der Waals surface area contributed by atoms with E-state index in [9.17, 15) is 5.11 Å². The molecule has 0 bridgehead atoms. The molecule has 0 spiro atoms. The molecule has 1 aliphatic carbocycles. The summed E-state index contributed by atoms with van der Waals surface area (Å²) in [6.07, 6.45) is 3.36. The molecule has 2 nitrogen and oxygen atoms in total. The van der Waals surface area contributed by atoms with Gasteiger partial charge in [-0.2, -0.15) is 0 Å². The lowest BCUT2D eigenvalue weighted by atomic mass is 9.90. The van der Waals surface area contributed by atoms with Gasteiger partial charge in [0.15, 0.2) is 0 Å². The van der Waals surface area contributed by atoms with Gasteiger partial charge in [-0.25, -0.2) is 0 Å². The topological polar surface area (TPSA) is 46.2 Å². The van der Waals surface area contributed by atoms with E-state index in [4.69, 9.17) is 0 Å². The van der Waals surface area contributed by atoms with Crippen molar-refractivity contribution in [3.8, 4) is 0 Å². The van der Waals surface area contributed by atoms with Gasteiger partial charge >= 0.3 is 0 Å². The van der Waals surface area contributed by atoms with Crippen LogP contribution in [0, 0.1) is 5.41 Å². The Morgan fingerprint density at radius 2 is 1.90 bits per heavy atom. The second-order valence-electron chi connectivity index (χ2n) is 3.40. The maximum atomic E-state index is 9.26. The molecule has 1 fully saturated rings. The highest BCUT2D eigenvalue weighted by Crippen LogP contribution is 2.36. The van der Waals surface area contributed by atoms with Gasteiger partial charge in [-0.05, 0) is 25.3 Å². The number of aliphatic hydroxyl groups is 1. The van der Waals surface area contributed by atoms with Gasteiger partial charge in [0.2, 0.25) is 0 Å². The molecule has 1 atom stereocenters. The molecule has 10 heavy (non-hydrogen) atoms. The number of hydrogen-bond donors (Lipinski definition) is 2. The third kappa shape index (κ3) is 2.27. The highest BCUT2D eigenvalue weighted by atomic mass is 16.3. The summed E-state index contributed by atoms with van der Waals surface area (Å²) in [4.78, 5) is 0. The summed E-state index contributed by atoms with van der Waals surface area (Å²) in [6.45, 7) is 4.26. The zero-order valence-electron chi connectivity index (χ0n) is 7.22. The van der Waals surface area contributed by atoms with E-state index >= 15 is 0 Å². The average Bonchev–Trinajstić information content (AvgIpc) is 2.17. The molecule has 0 aromatic heterocycles. The average molecular weight is 145 g/mol. The van der Waals surface area contributed by atoms with Crippen LogP contribution in [0.3, 0.4) is 0 Å². The Balaban J connectivity index is 0.000000371. The molecule has 0 heterocycles. The van der Waals surface area contributed by atoms with Crippen LogP contribution in [0.4, 0.5) is 0 Å². The lowest BCUT2D eigenvalue weighted by molar-refractivity contribution is 0.0798. The predicted molar refractivity (Wildman–Crippen MR) is 43.8 cm³/mol. The number of rotatable bonds is 0. The van der Waals surface area contributed by atoms with Gasteiger partial charge < -0.3 is 10.8 Å². The molecular weight excluding hydrogens is 126 g/mol. The standard InChI is InChI=1S/C7H14O.CH5N/c1-7(2)5-3-4-6(7)8;1-2/h6,8H,3-5H2,1-2H3;2H2,1H3/t6-;/m1./s1. The van der Waals surface area contributed by atoms with E-state index in [-0.39, 0.29) is 11.5 Å². The zero-order chi connectivity index (χ0) is 8.20. The molecule has 1 rings (SSSR count). The minimum Gasteiger partial charge on any atom is -0.393 e. The normalized spacial score (nSPS) is 29.1. The fraction of sp³-hybridized carbons (Fsp3) is 1.00. The fourth-order valence-corrected chi connectivity index (χ4v) is 1.31. The number of nitrogens with two attached hydrogens (primary N) is 1. The van der Waals surface area contributed by atoms with Crippen LogP contribution in [0.1, 0.15) is 33.1 Å². The molecule has 0 aromatic carbocycles. The first-order valence-electron chi connectivity index (χ1n) is 3.89. The Kier molecular flexibility index (Phi) is 3.91. The number of hydrogen-bond acceptors (Lipinski definition) is 2. The summed E-state index contributed by atoms with van der Waals surface area (Å²) in [5.41, 5.74) is 4.71. The summed E-state index contributed by atoms with van der Waals surface area (Å²) in [7, 11) is 1.50. The van der Waals surface area contributed by atoms with Crippen molar-refractivity contribution in [1.82, 2.24) is 0 Å². The second-order valence-corrected chi connectivity index (χ2v) is 3.40. The molecule has 3 N–H and O–H groups in total. The van der Waals surface area contributed by atoms with E-state index in [0.717, 1.165) is 6.42 Å². The maximum absolute atomic E-state index is 9.26. The summed E-state index contributed by atoms with van der Waals surface area (Å²) in [5.74, 6) is 0. The van der Waals surface area contributed by atoms with Crippen molar-refractivity contribution in [3.63, 3.8) is 0 Å². The Morgan fingerprint density at radius 1 is 1.40 bits per heavy atom. The molecule has 2 heteroatoms. The lowest BCUT2D eigenvalue weighted by Crippen LogP contribution is -2.21. The SMILES string of the molecule is CC1(C)CCC[C@H]1O.CN. The van der Waals surface area contributed by atoms with Crippen molar-refractivity contribution in [1.29, 1.82) is 0 Å². The van der Waals surface area contributed by atoms with Crippen molar-refractivity contribution >= 4 is 0 Å². The summed E-state index contributed by atoms with van der Waals surface area (Å²) < 4.78 is 0. The molecule has 0 saturated heterocycles. The molecular formula is C8H19NO. The smallest absolute Gasteiger partial charge is 0.0591 e. The van der Waals surface area contributed by atoms with E-state index in [1.165, 1.54) is 19.9 Å². The first-order valence-corrected chi connectivity index (χ1v) is 3.89. The first-order chi connectivity index (χ1) is 4.63. The molecule has 0 aliphatic heterocycles. The van der Waals surface area contributed by atoms with Crippen LogP contribution in [0.25, 0.3) is 0 Å². The first kappa shape index (κ1) is 9.92. The highest BCUT2D eigenvalue weighted by Gasteiger charge is 2.32. The third-order valence-corrected chi connectivity index (χ3v) is 2.20. The zero-order valence-corrected chi connectivity index (χ0v) is 7.22. The molecule has 0 radical (unpaired) electrons. The van der Waals surface area contributed by atoms with E-state index in [1.54, 1.807) is 0 Å². The lowest BCUT2D eigenvalue weighted by Gasteiger charge is -2.21. The maximum Gasteiger partial charge on any atom is 0.0591 e. The monoisotopic (exact) mass is 145 g/mol. The molecule has 1 aliphatic rings. The van der Waals surface area contributed by atoms with Crippen LogP contribution in [-0.2, 0) is 0 Å². The quantitative estimate of drug-likeness (QED) is 0.537. The highest BCUT2D eigenvalue weighted by molar-refractivity contribution is 4.83. The van der Waals surface area contributed by atoms with Gasteiger partial charge in [-0.3, -0.25) is 0 Å². The molecule has 0 unspecified atom stereocenters. The summed E-state index contributed by atoms with van der Waals surface area (Å²) >= 11 is 0. The predicted octanol–water partition coefficient (Wildman–Crippen LogP) is 1.13. The molecule has 0 amide bonds. The fourth-order valence-electron chi connectivity index (χ4n) is 1.31. The molecule has 0 aromatic rings. The van der Waals surface area contributed by atoms with Gasteiger partial charge in [0.1, 0.15) is 0 Å². The van der Waals surface area contributed by atoms with Crippen molar-refractivity contribution in [2.24, 2.45) is 11.1 Å². The van der Waals surface area contributed by atoms with Crippen molar-refractivity contribution in [2.75, 3.05) is 7.05 Å². The van der Waals surface area contributed by atoms with E-state index in [0.29, 0.717) is 0 Å². The van der Waals surface area contributed by atoms with E-state index in [2.05, 4.69) is 19.6 Å². The Labute approximate surface area is 63.4 Å². The van der Waals surface area contributed by atoms with Gasteiger partial charge in [0, 0.05) is 0 Å². The second kappa shape index (κ2) is 3.94. The third-order valence-electron chi connectivity index (χ3n) is 2.20.